The smallest absolute Gasteiger partial charge is 0.133 e. The molecule has 140 valence electrons. The summed E-state index contributed by atoms with van der Waals surface area (Å²) < 4.78 is 18.0. The van der Waals surface area contributed by atoms with Crippen molar-refractivity contribution < 1.29 is 14.2 Å². The lowest BCUT2D eigenvalue weighted by molar-refractivity contribution is -0.0963. The van der Waals surface area contributed by atoms with Crippen molar-refractivity contribution in [1.29, 1.82) is 0 Å². The Morgan fingerprint density at radius 2 is 1.77 bits per heavy atom. The van der Waals surface area contributed by atoms with Crippen LogP contribution >= 0.6 is 0 Å². The number of nitrogens with two attached hydrogens (primary N) is 2. The first-order valence-corrected chi connectivity index (χ1v) is 8.94. The van der Waals surface area contributed by atoms with Crippen molar-refractivity contribution in [1.82, 2.24) is 5.32 Å². The van der Waals surface area contributed by atoms with Crippen molar-refractivity contribution >= 4 is 11.4 Å². The molecule has 1 aliphatic rings. The van der Waals surface area contributed by atoms with E-state index in [0.717, 1.165) is 25.3 Å². The van der Waals surface area contributed by atoms with Crippen LogP contribution in [0.15, 0.2) is 42.5 Å². The monoisotopic (exact) mass is 357 g/mol. The Labute approximate surface area is 154 Å². The number of benzene rings is 2. The topological polar surface area (TPSA) is 91.8 Å². The van der Waals surface area contributed by atoms with E-state index in [1.54, 1.807) is 18.2 Å². The number of ether oxygens (including phenoxy) is 3. The maximum absolute atomic E-state index is 6.27. The molecule has 3 rings (SSSR count). The van der Waals surface area contributed by atoms with Gasteiger partial charge in [0.1, 0.15) is 29.0 Å². The summed E-state index contributed by atoms with van der Waals surface area (Å²) in [6, 6.07) is 12.8. The van der Waals surface area contributed by atoms with Gasteiger partial charge in [0.2, 0.25) is 0 Å². The SMILES string of the molecule is CCC(C)(Oc1ccc(Oc2ccc(N)c(N)c2)cc1)C1CNCCO1. The average molecular weight is 357 g/mol. The van der Waals surface area contributed by atoms with Gasteiger partial charge >= 0.3 is 0 Å². The van der Waals surface area contributed by atoms with E-state index in [0.29, 0.717) is 29.5 Å². The summed E-state index contributed by atoms with van der Waals surface area (Å²) in [4.78, 5) is 0. The summed E-state index contributed by atoms with van der Waals surface area (Å²) in [5.41, 5.74) is 12.2. The van der Waals surface area contributed by atoms with E-state index in [-0.39, 0.29) is 11.7 Å². The second-order valence-corrected chi connectivity index (χ2v) is 6.70. The van der Waals surface area contributed by atoms with Gasteiger partial charge in [0.15, 0.2) is 0 Å². The summed E-state index contributed by atoms with van der Waals surface area (Å²) in [6.07, 6.45) is 0.873. The van der Waals surface area contributed by atoms with Crippen molar-refractivity contribution in [3.05, 3.63) is 42.5 Å². The fraction of sp³-hybridized carbons (Fsp3) is 0.400. The average Bonchev–Trinajstić information content (AvgIpc) is 2.67. The second-order valence-electron chi connectivity index (χ2n) is 6.70. The minimum Gasteiger partial charge on any atom is -0.485 e. The van der Waals surface area contributed by atoms with Crippen molar-refractivity contribution in [2.75, 3.05) is 31.2 Å². The molecule has 0 saturated carbocycles. The third kappa shape index (κ3) is 4.20. The van der Waals surface area contributed by atoms with E-state index in [1.807, 2.05) is 24.3 Å². The summed E-state index contributed by atoms with van der Waals surface area (Å²) in [5, 5.41) is 3.36. The molecule has 6 nitrogen and oxygen atoms in total. The normalized spacial score (nSPS) is 19.5. The van der Waals surface area contributed by atoms with Crippen LogP contribution in [0.3, 0.4) is 0 Å². The molecule has 2 aromatic rings. The molecular weight excluding hydrogens is 330 g/mol. The third-order valence-corrected chi connectivity index (χ3v) is 4.78. The van der Waals surface area contributed by atoms with Crippen molar-refractivity contribution in [3.63, 3.8) is 0 Å². The predicted molar refractivity (Wildman–Crippen MR) is 104 cm³/mol. The lowest BCUT2D eigenvalue weighted by atomic mass is 9.94. The van der Waals surface area contributed by atoms with Crippen LogP contribution in [0.1, 0.15) is 20.3 Å². The molecule has 0 aromatic heterocycles. The highest BCUT2D eigenvalue weighted by molar-refractivity contribution is 5.65. The molecule has 0 radical (unpaired) electrons. The fourth-order valence-corrected chi connectivity index (χ4v) is 2.92. The quantitative estimate of drug-likeness (QED) is 0.688. The first-order chi connectivity index (χ1) is 12.5. The molecule has 0 bridgehead atoms. The van der Waals surface area contributed by atoms with Gasteiger partial charge in [-0.15, -0.1) is 0 Å². The van der Waals surface area contributed by atoms with Gasteiger partial charge in [-0.1, -0.05) is 6.92 Å². The highest BCUT2D eigenvalue weighted by Crippen LogP contribution is 2.30. The molecule has 26 heavy (non-hydrogen) atoms. The van der Waals surface area contributed by atoms with Gasteiger partial charge in [0.25, 0.3) is 0 Å². The van der Waals surface area contributed by atoms with Crippen LogP contribution in [0, 0.1) is 0 Å². The largest absolute Gasteiger partial charge is 0.485 e. The minimum atomic E-state index is -0.388. The van der Waals surface area contributed by atoms with Gasteiger partial charge in [-0.2, -0.15) is 0 Å². The van der Waals surface area contributed by atoms with Crippen LogP contribution in [0.2, 0.25) is 0 Å². The van der Waals surface area contributed by atoms with Gasteiger partial charge in [0.05, 0.1) is 18.0 Å². The Morgan fingerprint density at radius 3 is 2.38 bits per heavy atom. The summed E-state index contributed by atoms with van der Waals surface area (Å²) in [6.45, 7) is 6.59. The number of nitrogens with one attached hydrogen (secondary N) is 1. The summed E-state index contributed by atoms with van der Waals surface area (Å²) >= 11 is 0. The van der Waals surface area contributed by atoms with E-state index < -0.39 is 0 Å². The molecule has 0 aliphatic carbocycles. The molecule has 6 heteroatoms. The molecule has 2 aromatic carbocycles. The number of morpholine rings is 1. The van der Waals surface area contributed by atoms with E-state index in [9.17, 15) is 0 Å². The first-order valence-electron chi connectivity index (χ1n) is 8.94. The molecule has 1 saturated heterocycles. The Morgan fingerprint density at radius 1 is 1.08 bits per heavy atom. The molecule has 1 fully saturated rings. The van der Waals surface area contributed by atoms with Crippen LogP contribution in [-0.2, 0) is 4.74 Å². The molecule has 2 atom stereocenters. The van der Waals surface area contributed by atoms with Gasteiger partial charge in [-0.3, -0.25) is 0 Å². The maximum atomic E-state index is 6.27. The minimum absolute atomic E-state index is 0.0231. The van der Waals surface area contributed by atoms with Crippen molar-refractivity contribution in [3.8, 4) is 17.2 Å². The fourth-order valence-electron chi connectivity index (χ4n) is 2.92. The zero-order valence-corrected chi connectivity index (χ0v) is 15.3. The molecule has 5 N–H and O–H groups in total. The number of hydrogen-bond donors (Lipinski definition) is 3. The first kappa shape index (κ1) is 18.4. The molecule has 1 aliphatic heterocycles. The van der Waals surface area contributed by atoms with Crippen molar-refractivity contribution in [2.45, 2.75) is 32.0 Å². The maximum Gasteiger partial charge on any atom is 0.133 e. The highest BCUT2D eigenvalue weighted by atomic mass is 16.6. The van der Waals surface area contributed by atoms with E-state index >= 15 is 0 Å². The predicted octanol–water partition coefficient (Wildman–Crippen LogP) is 3.18. The zero-order valence-electron chi connectivity index (χ0n) is 15.3. The number of anilines is 2. The van der Waals surface area contributed by atoms with Gasteiger partial charge in [-0.05, 0) is 49.7 Å². The lowest BCUT2D eigenvalue weighted by Gasteiger charge is -2.39. The number of nitrogen functional groups attached to an aromatic ring is 2. The Balaban J connectivity index is 1.67. The Kier molecular flexibility index (Phi) is 5.54. The Bertz CT molecular complexity index is 730. The zero-order chi connectivity index (χ0) is 18.6. The van der Waals surface area contributed by atoms with Crippen LogP contribution in [-0.4, -0.2) is 31.4 Å². The highest BCUT2D eigenvalue weighted by Gasteiger charge is 2.36. The summed E-state index contributed by atoms with van der Waals surface area (Å²) in [7, 11) is 0. The molecule has 1 heterocycles. The number of hydrogen-bond acceptors (Lipinski definition) is 6. The van der Waals surface area contributed by atoms with Crippen molar-refractivity contribution in [2.24, 2.45) is 0 Å². The van der Waals surface area contributed by atoms with Crippen LogP contribution < -0.4 is 26.3 Å². The molecule has 0 spiro atoms. The third-order valence-electron chi connectivity index (χ3n) is 4.78. The van der Waals surface area contributed by atoms with Gasteiger partial charge < -0.3 is 31.0 Å². The van der Waals surface area contributed by atoms with E-state index in [1.165, 1.54) is 0 Å². The molecule has 2 unspecified atom stereocenters. The lowest BCUT2D eigenvalue weighted by Crippen LogP contribution is -2.54. The van der Waals surface area contributed by atoms with Crippen LogP contribution in [0.5, 0.6) is 17.2 Å². The molecular formula is C20H27N3O3. The number of rotatable bonds is 6. The van der Waals surface area contributed by atoms with Gasteiger partial charge in [0, 0.05) is 19.2 Å². The summed E-state index contributed by atoms with van der Waals surface area (Å²) in [5.74, 6) is 2.13. The van der Waals surface area contributed by atoms with Gasteiger partial charge in [-0.25, -0.2) is 0 Å². The van der Waals surface area contributed by atoms with Crippen LogP contribution in [0.25, 0.3) is 0 Å². The Hall–Kier alpha value is -2.44. The second kappa shape index (κ2) is 7.85. The standard InChI is InChI=1S/C20H27N3O3/c1-3-20(2,19-13-23-10-11-24-19)26-15-6-4-14(5-7-15)25-16-8-9-17(21)18(22)12-16/h4-9,12,19,23H,3,10-11,13,21-22H2,1-2H3. The van der Waals surface area contributed by atoms with E-state index in [4.69, 9.17) is 25.7 Å². The van der Waals surface area contributed by atoms with Crippen LogP contribution in [0.4, 0.5) is 11.4 Å². The van der Waals surface area contributed by atoms with E-state index in [2.05, 4.69) is 19.2 Å². The molecule has 0 amide bonds.